The number of aromatic nitrogens is 3. The van der Waals surface area contributed by atoms with Gasteiger partial charge in [0.1, 0.15) is 11.6 Å². The second-order valence-electron chi connectivity index (χ2n) is 6.72. The van der Waals surface area contributed by atoms with Crippen molar-refractivity contribution >= 4 is 21.8 Å². The van der Waals surface area contributed by atoms with Gasteiger partial charge in [-0.15, -0.1) is 10.2 Å². The van der Waals surface area contributed by atoms with E-state index in [1.807, 2.05) is 0 Å². The molecular weight excluding hydrogens is 387 g/mol. The third-order valence-corrected chi connectivity index (χ3v) is 5.60. The largest absolute Gasteiger partial charge is 0.328 e. The second-order valence-corrected chi connectivity index (χ2v) is 7.63. The molecule has 25 heavy (non-hydrogen) atoms. The molecule has 0 spiro atoms. The zero-order valence-corrected chi connectivity index (χ0v) is 15.5. The summed E-state index contributed by atoms with van der Waals surface area (Å²) in [7, 11) is 0. The van der Waals surface area contributed by atoms with E-state index in [0.29, 0.717) is 11.0 Å². The molecule has 1 fully saturated rings. The molecule has 2 aliphatic rings. The van der Waals surface area contributed by atoms with Gasteiger partial charge in [-0.05, 0) is 43.9 Å². The number of amides is 1. The van der Waals surface area contributed by atoms with Crippen molar-refractivity contribution in [1.82, 2.24) is 19.7 Å². The van der Waals surface area contributed by atoms with Crippen molar-refractivity contribution < 1.29 is 9.18 Å². The highest BCUT2D eigenvalue weighted by atomic mass is 79.9. The number of halogens is 2. The fourth-order valence-electron chi connectivity index (χ4n) is 3.85. The minimum Gasteiger partial charge on any atom is -0.328 e. The molecule has 3 heterocycles. The predicted octanol–water partition coefficient (Wildman–Crippen LogP) is 3.88. The Morgan fingerprint density at radius 2 is 2.04 bits per heavy atom. The van der Waals surface area contributed by atoms with Crippen LogP contribution in [0.5, 0.6) is 0 Å². The second kappa shape index (κ2) is 6.86. The summed E-state index contributed by atoms with van der Waals surface area (Å²) < 4.78 is 17.0. The monoisotopic (exact) mass is 406 g/mol. The van der Waals surface area contributed by atoms with Gasteiger partial charge in [-0.1, -0.05) is 22.4 Å². The molecule has 1 saturated heterocycles. The van der Waals surface area contributed by atoms with Crippen molar-refractivity contribution in [1.29, 1.82) is 0 Å². The molecule has 7 heteroatoms. The third-order valence-electron chi connectivity index (χ3n) is 5.11. The highest BCUT2D eigenvalue weighted by Crippen LogP contribution is 2.34. The molecule has 0 N–H and O–H groups in total. The van der Waals surface area contributed by atoms with Gasteiger partial charge in [0, 0.05) is 24.0 Å². The highest BCUT2D eigenvalue weighted by Gasteiger charge is 2.35. The Morgan fingerprint density at radius 3 is 2.88 bits per heavy atom. The van der Waals surface area contributed by atoms with Crippen molar-refractivity contribution in [2.75, 3.05) is 6.54 Å². The number of nitrogens with zero attached hydrogens (tertiary/aromatic N) is 4. The van der Waals surface area contributed by atoms with Crippen molar-refractivity contribution in [3.8, 4) is 0 Å². The summed E-state index contributed by atoms with van der Waals surface area (Å²) in [6.45, 7) is 1.53. The van der Waals surface area contributed by atoms with E-state index in [2.05, 4.69) is 30.7 Å². The summed E-state index contributed by atoms with van der Waals surface area (Å²) in [5.41, 5.74) is 0.116. The van der Waals surface area contributed by atoms with Gasteiger partial charge < -0.3 is 9.47 Å². The lowest BCUT2D eigenvalue weighted by molar-refractivity contribution is 0.0722. The first-order valence-electron chi connectivity index (χ1n) is 8.83. The molecule has 5 nitrogen and oxygen atoms in total. The van der Waals surface area contributed by atoms with E-state index in [-0.39, 0.29) is 17.5 Å². The molecule has 0 saturated carbocycles. The zero-order valence-electron chi connectivity index (χ0n) is 13.9. The molecule has 2 aromatic rings. The molecule has 1 atom stereocenters. The topological polar surface area (TPSA) is 51.0 Å². The van der Waals surface area contributed by atoms with E-state index in [9.17, 15) is 9.18 Å². The molecule has 1 amide bonds. The van der Waals surface area contributed by atoms with Crippen LogP contribution in [0.1, 0.15) is 60.2 Å². The molecule has 0 unspecified atom stereocenters. The Morgan fingerprint density at radius 1 is 1.16 bits per heavy atom. The molecule has 1 aromatic heterocycles. The number of hydrogen-bond acceptors (Lipinski definition) is 3. The summed E-state index contributed by atoms with van der Waals surface area (Å²) in [5, 5.41) is 8.75. The molecule has 0 radical (unpaired) electrons. The highest BCUT2D eigenvalue weighted by molar-refractivity contribution is 9.10. The third kappa shape index (κ3) is 3.10. The van der Waals surface area contributed by atoms with Crippen LogP contribution in [0.25, 0.3) is 0 Å². The Bertz CT molecular complexity index is 806. The Hall–Kier alpha value is -1.76. The standard InChI is InChI=1S/C18H20BrFN4O/c19-12-7-8-13(14(20)11-12)18(25)23-10-4-5-15(23)17-22-21-16-6-2-1-3-9-24(16)17/h7-8,11,15H,1-6,9-10H2/t15-/m1/s1. The molecule has 0 bridgehead atoms. The fraction of sp³-hybridized carbons (Fsp3) is 0.500. The van der Waals surface area contributed by atoms with Crippen LogP contribution in [0, 0.1) is 5.82 Å². The van der Waals surface area contributed by atoms with E-state index in [1.165, 1.54) is 12.5 Å². The molecule has 4 rings (SSSR count). The maximum absolute atomic E-state index is 14.2. The Kier molecular flexibility index (Phi) is 4.58. The summed E-state index contributed by atoms with van der Waals surface area (Å²) in [5.74, 6) is 1.12. The summed E-state index contributed by atoms with van der Waals surface area (Å²) in [6, 6.07) is 4.46. The number of rotatable bonds is 2. The Balaban J connectivity index is 1.65. The van der Waals surface area contributed by atoms with E-state index in [1.54, 1.807) is 17.0 Å². The van der Waals surface area contributed by atoms with Crippen molar-refractivity contribution in [2.24, 2.45) is 0 Å². The normalized spacial score (nSPS) is 20.4. The average Bonchev–Trinajstić information content (AvgIpc) is 3.15. The van der Waals surface area contributed by atoms with Gasteiger partial charge in [-0.2, -0.15) is 0 Å². The first-order chi connectivity index (χ1) is 12.1. The van der Waals surface area contributed by atoms with Crippen LogP contribution in [0.4, 0.5) is 4.39 Å². The summed E-state index contributed by atoms with van der Waals surface area (Å²) in [4.78, 5) is 14.7. The van der Waals surface area contributed by atoms with Crippen LogP contribution >= 0.6 is 15.9 Å². The van der Waals surface area contributed by atoms with E-state index < -0.39 is 5.82 Å². The van der Waals surface area contributed by atoms with E-state index in [4.69, 9.17) is 0 Å². The van der Waals surface area contributed by atoms with Gasteiger partial charge in [0.15, 0.2) is 5.82 Å². The summed E-state index contributed by atoms with van der Waals surface area (Å²) in [6.07, 6.45) is 6.13. The van der Waals surface area contributed by atoms with Gasteiger partial charge in [0.2, 0.25) is 0 Å². The fourth-order valence-corrected chi connectivity index (χ4v) is 4.18. The maximum atomic E-state index is 14.2. The van der Waals surface area contributed by atoms with E-state index in [0.717, 1.165) is 50.3 Å². The number of hydrogen-bond donors (Lipinski definition) is 0. The minimum atomic E-state index is -0.495. The summed E-state index contributed by atoms with van der Waals surface area (Å²) >= 11 is 3.23. The van der Waals surface area contributed by atoms with Crippen LogP contribution in [0.15, 0.2) is 22.7 Å². The number of carbonyl (C=O) groups excluding carboxylic acids is 1. The first-order valence-corrected chi connectivity index (χ1v) is 9.62. The molecule has 132 valence electrons. The minimum absolute atomic E-state index is 0.116. The van der Waals surface area contributed by atoms with Crippen LogP contribution in [0.3, 0.4) is 0 Å². The van der Waals surface area contributed by atoms with Gasteiger partial charge >= 0.3 is 0 Å². The number of fused-ring (bicyclic) bond motifs is 1. The number of aryl methyl sites for hydroxylation is 1. The maximum Gasteiger partial charge on any atom is 0.257 e. The van der Waals surface area contributed by atoms with Gasteiger partial charge in [-0.3, -0.25) is 4.79 Å². The quantitative estimate of drug-likeness (QED) is 0.759. The number of likely N-dealkylation sites (tertiary alicyclic amines) is 1. The lowest BCUT2D eigenvalue weighted by Crippen LogP contribution is -2.32. The zero-order chi connectivity index (χ0) is 17.4. The van der Waals surface area contributed by atoms with Crippen LogP contribution in [-0.2, 0) is 13.0 Å². The van der Waals surface area contributed by atoms with Crippen molar-refractivity contribution in [3.05, 3.63) is 45.7 Å². The van der Waals surface area contributed by atoms with Gasteiger partial charge in [0.05, 0.1) is 11.6 Å². The van der Waals surface area contributed by atoms with Crippen LogP contribution < -0.4 is 0 Å². The molecule has 0 aliphatic carbocycles. The smallest absolute Gasteiger partial charge is 0.257 e. The molecule has 1 aromatic carbocycles. The number of carbonyl (C=O) groups is 1. The molecular formula is C18H20BrFN4O. The lowest BCUT2D eigenvalue weighted by Gasteiger charge is -2.25. The van der Waals surface area contributed by atoms with Crippen molar-refractivity contribution in [3.63, 3.8) is 0 Å². The first kappa shape index (κ1) is 16.7. The van der Waals surface area contributed by atoms with Gasteiger partial charge in [-0.25, -0.2) is 4.39 Å². The van der Waals surface area contributed by atoms with Crippen LogP contribution in [0.2, 0.25) is 0 Å². The van der Waals surface area contributed by atoms with Crippen molar-refractivity contribution in [2.45, 2.75) is 51.1 Å². The predicted molar refractivity (Wildman–Crippen MR) is 94.7 cm³/mol. The van der Waals surface area contributed by atoms with E-state index >= 15 is 0 Å². The SMILES string of the molecule is O=C(c1ccc(Br)cc1F)N1CCC[C@@H]1c1nnc2n1CCCCC2. The Labute approximate surface area is 154 Å². The van der Waals surface area contributed by atoms with Crippen LogP contribution in [-0.4, -0.2) is 32.1 Å². The lowest BCUT2D eigenvalue weighted by atomic mass is 10.1. The average molecular weight is 407 g/mol. The number of benzene rings is 1. The molecule has 2 aliphatic heterocycles. The van der Waals surface area contributed by atoms with Gasteiger partial charge in [0.25, 0.3) is 5.91 Å².